The van der Waals surface area contributed by atoms with Gasteiger partial charge in [0, 0.05) is 28.8 Å². The van der Waals surface area contributed by atoms with Gasteiger partial charge in [0.1, 0.15) is 18.2 Å². The number of aromatic nitrogens is 3. The van der Waals surface area contributed by atoms with Gasteiger partial charge in [0.2, 0.25) is 5.69 Å². The summed E-state index contributed by atoms with van der Waals surface area (Å²) < 4.78 is 88.1. The number of ether oxygens (including phenoxy) is 1. The minimum absolute atomic E-state index is 0.0554. The molecule has 0 aliphatic carbocycles. The first-order valence-electron chi connectivity index (χ1n) is 26.1. The van der Waals surface area contributed by atoms with E-state index in [1.165, 1.54) is 5.56 Å². The Morgan fingerprint density at radius 1 is 0.578 bits per heavy atom. The highest BCUT2D eigenvalue weighted by molar-refractivity contribution is 5.99. The number of pyridine rings is 1. The van der Waals surface area contributed by atoms with Crippen LogP contribution in [0.3, 0.4) is 0 Å². The summed E-state index contributed by atoms with van der Waals surface area (Å²) in [6.07, 6.45) is -0.337. The van der Waals surface area contributed by atoms with E-state index in [-0.39, 0.29) is 34.5 Å². The molecule has 0 saturated carbocycles. The normalized spacial score (nSPS) is 17.2. The number of imidazole rings is 1. The Balaban J connectivity index is 1.30. The van der Waals surface area contributed by atoms with Gasteiger partial charge in [0.25, 0.3) is 0 Å². The standard InChI is InChI=1S/C60H53N3O/c1-36-29-38(3)56-50(30-36)57-62(53-35-46(40-19-14-11-15-20-40)37(2)31-47(53)41-23-25-43(26-24-41)58(4,5)6)51-22-16-21-45-48-33-44(59(7,8)9)34-49-52-32-42(39-17-12-10-13-18-39)27-28-61(52)60(64-56,54(48)49)63(57)55(45)51/h10-35H,1-9H3/q+2/i10D,12D,13D,17D,18D,27D,28D,32D. The minimum atomic E-state index is -1.72. The molecule has 12 rings (SSSR count). The maximum Gasteiger partial charge on any atom is 0.499 e. The van der Waals surface area contributed by atoms with Crippen molar-refractivity contribution < 1.29 is 24.8 Å². The smallest absolute Gasteiger partial charge is 0.392 e. The monoisotopic (exact) mass is 839 g/mol. The molecular weight excluding hydrogens is 779 g/mol. The molecule has 0 fully saturated rings. The molecule has 312 valence electrons. The number of benzene rings is 7. The van der Waals surface area contributed by atoms with Crippen LogP contribution in [-0.2, 0) is 16.7 Å². The molecule has 2 aromatic heterocycles. The van der Waals surface area contributed by atoms with Gasteiger partial charge in [-0.15, -0.1) is 9.13 Å². The third-order valence-corrected chi connectivity index (χ3v) is 13.5. The van der Waals surface area contributed by atoms with Crippen LogP contribution in [0.5, 0.6) is 5.75 Å². The van der Waals surface area contributed by atoms with E-state index in [1.807, 2.05) is 13.0 Å². The molecule has 0 amide bonds. The number of nitrogens with zero attached hydrogens (tertiary/aromatic N) is 3. The predicted molar refractivity (Wildman–Crippen MR) is 261 cm³/mol. The van der Waals surface area contributed by atoms with E-state index in [2.05, 4.69) is 168 Å². The van der Waals surface area contributed by atoms with Crippen molar-refractivity contribution >= 4 is 11.0 Å². The molecule has 0 bridgehead atoms. The highest BCUT2D eigenvalue weighted by Crippen LogP contribution is 2.55. The highest BCUT2D eigenvalue weighted by atomic mass is 16.5. The van der Waals surface area contributed by atoms with Gasteiger partial charge in [-0.25, -0.2) is 0 Å². The first-order chi connectivity index (χ1) is 34.1. The second-order valence-corrected chi connectivity index (χ2v) is 19.8. The Kier molecular flexibility index (Phi) is 6.40. The van der Waals surface area contributed by atoms with E-state index in [9.17, 15) is 4.11 Å². The molecular formula is C60H53N3O+2. The molecule has 9 aromatic rings. The number of hydrogen-bond donors (Lipinski definition) is 0. The lowest BCUT2D eigenvalue weighted by molar-refractivity contribution is -0.997. The average Bonchev–Trinajstić information content (AvgIpc) is 3.85. The number of para-hydroxylation sites is 1. The quantitative estimate of drug-likeness (QED) is 0.162. The molecule has 0 saturated heterocycles. The number of hydrogen-bond acceptors (Lipinski definition) is 1. The summed E-state index contributed by atoms with van der Waals surface area (Å²) in [5.41, 5.74) is 15.3. The van der Waals surface area contributed by atoms with E-state index >= 15 is 0 Å². The summed E-state index contributed by atoms with van der Waals surface area (Å²) in [6, 6.07) is 35.2. The van der Waals surface area contributed by atoms with Crippen molar-refractivity contribution in [3.8, 4) is 78.6 Å². The van der Waals surface area contributed by atoms with Crippen LogP contribution in [0.15, 0.2) is 158 Å². The molecule has 1 spiro atoms. The SMILES string of the molecule is [2H]c1c([2H])c([2H])c(-c2c([2H])c([2H])[n+]3c(c2[2H])-c2cc(C(C)(C)C)cc4c2C32Oc3c(C)cc(C)cc3-c3n(-c5cc(-c6ccccc6)c(C)cc5-c5ccc(C(C)(C)C)cc5)c5cccc-4c5[n+]32)c([2H])c1[2H]. The van der Waals surface area contributed by atoms with Crippen LogP contribution < -0.4 is 13.9 Å². The van der Waals surface area contributed by atoms with Gasteiger partial charge in [-0.05, 0) is 130 Å². The lowest BCUT2D eigenvalue weighted by Crippen LogP contribution is -2.78. The zero-order valence-electron chi connectivity index (χ0n) is 45.6. The molecule has 1 unspecified atom stereocenters. The van der Waals surface area contributed by atoms with Gasteiger partial charge >= 0.3 is 11.7 Å². The number of rotatable bonds is 4. The van der Waals surface area contributed by atoms with Gasteiger partial charge in [0.05, 0.1) is 15.2 Å². The van der Waals surface area contributed by atoms with E-state index in [1.54, 1.807) is 4.57 Å². The lowest BCUT2D eigenvalue weighted by atomic mass is 9.80. The summed E-state index contributed by atoms with van der Waals surface area (Å²) >= 11 is 0. The Bertz CT molecular complexity index is 3890. The minimum Gasteiger partial charge on any atom is -0.392 e. The molecule has 4 heteroatoms. The first kappa shape index (κ1) is 30.9. The molecule has 3 aliphatic heterocycles. The summed E-state index contributed by atoms with van der Waals surface area (Å²) in [6.45, 7) is 19.3. The van der Waals surface area contributed by atoms with Crippen LogP contribution in [0.25, 0.3) is 83.9 Å². The Morgan fingerprint density at radius 3 is 2.03 bits per heavy atom. The molecule has 0 N–H and O–H groups in total. The Hall–Kier alpha value is -7.04. The van der Waals surface area contributed by atoms with Crippen LogP contribution in [0, 0.1) is 20.8 Å². The topological polar surface area (TPSA) is 21.9 Å². The van der Waals surface area contributed by atoms with Crippen molar-refractivity contribution in [1.82, 2.24) is 4.57 Å². The summed E-state index contributed by atoms with van der Waals surface area (Å²) in [5, 5.41) is 0. The fourth-order valence-corrected chi connectivity index (χ4v) is 10.4. The fraction of sp³-hybridized carbons (Fsp3) is 0.200. The maximum absolute atomic E-state index is 10.3. The van der Waals surface area contributed by atoms with Gasteiger partial charge in [-0.1, -0.05) is 138 Å². The van der Waals surface area contributed by atoms with Crippen LogP contribution >= 0.6 is 0 Å². The average molecular weight is 840 g/mol. The molecule has 4 nitrogen and oxygen atoms in total. The largest absolute Gasteiger partial charge is 0.499 e. The third kappa shape index (κ3) is 5.35. The Labute approximate surface area is 388 Å². The predicted octanol–water partition coefficient (Wildman–Crippen LogP) is 14.0. The van der Waals surface area contributed by atoms with Gasteiger partial charge in [-0.2, -0.15) is 4.57 Å². The van der Waals surface area contributed by atoms with Crippen molar-refractivity contribution in [1.29, 1.82) is 0 Å². The van der Waals surface area contributed by atoms with Crippen LogP contribution in [0.4, 0.5) is 0 Å². The summed E-state index contributed by atoms with van der Waals surface area (Å²) in [4.78, 5) is 0. The van der Waals surface area contributed by atoms with Crippen LogP contribution in [0.1, 0.15) is 85.9 Å². The number of aryl methyl sites for hydroxylation is 3. The molecule has 1 atom stereocenters. The summed E-state index contributed by atoms with van der Waals surface area (Å²) in [5.74, 6) is -0.354. The molecule has 7 aromatic carbocycles. The second-order valence-electron chi connectivity index (χ2n) is 19.8. The van der Waals surface area contributed by atoms with Crippen LogP contribution in [0.2, 0.25) is 0 Å². The maximum atomic E-state index is 10.3. The van der Waals surface area contributed by atoms with Crippen LogP contribution in [-0.4, -0.2) is 4.57 Å². The molecule has 5 heterocycles. The van der Waals surface area contributed by atoms with Gasteiger partial charge in [0.15, 0.2) is 23.0 Å². The van der Waals surface area contributed by atoms with E-state index in [4.69, 9.17) is 11.6 Å². The van der Waals surface area contributed by atoms with Gasteiger partial charge < -0.3 is 4.74 Å². The van der Waals surface area contributed by atoms with E-state index in [0.29, 0.717) is 16.9 Å². The third-order valence-electron chi connectivity index (χ3n) is 13.5. The molecule has 64 heavy (non-hydrogen) atoms. The first-order valence-corrected chi connectivity index (χ1v) is 22.1. The molecule has 3 aliphatic rings. The van der Waals surface area contributed by atoms with E-state index < -0.39 is 47.5 Å². The molecule has 0 radical (unpaired) electrons. The van der Waals surface area contributed by atoms with Gasteiger partial charge in [-0.3, -0.25) is 0 Å². The van der Waals surface area contributed by atoms with Crippen molar-refractivity contribution in [3.05, 3.63) is 191 Å². The fourth-order valence-electron chi connectivity index (χ4n) is 10.4. The van der Waals surface area contributed by atoms with E-state index in [0.717, 1.165) is 83.7 Å². The lowest BCUT2D eigenvalue weighted by Gasteiger charge is -2.33. The van der Waals surface area contributed by atoms with Crippen molar-refractivity contribution in [2.45, 2.75) is 79.0 Å². The zero-order chi connectivity index (χ0) is 51.0. The Morgan fingerprint density at radius 2 is 1.30 bits per heavy atom. The highest BCUT2D eigenvalue weighted by Gasteiger charge is 2.69. The second kappa shape index (κ2) is 13.2. The van der Waals surface area contributed by atoms with Crippen molar-refractivity contribution in [2.75, 3.05) is 0 Å². The van der Waals surface area contributed by atoms with Crippen molar-refractivity contribution in [2.24, 2.45) is 0 Å². The zero-order valence-corrected chi connectivity index (χ0v) is 37.6. The van der Waals surface area contributed by atoms with Crippen molar-refractivity contribution in [3.63, 3.8) is 0 Å². The summed E-state index contributed by atoms with van der Waals surface area (Å²) in [7, 11) is 0. The number of fused-ring (bicyclic) bond motifs is 5.